The molecule has 1 saturated carbocycles. The number of carbonyl (C=O) groups is 1. The summed E-state index contributed by atoms with van der Waals surface area (Å²) in [5.74, 6) is -0.614. The van der Waals surface area contributed by atoms with Gasteiger partial charge in [0, 0.05) is 16.0 Å². The van der Waals surface area contributed by atoms with Crippen LogP contribution in [-0.4, -0.2) is 10.1 Å². The third kappa shape index (κ3) is 2.27. The average molecular weight is 326 g/mol. The minimum atomic E-state index is -1.04. The fourth-order valence-corrected chi connectivity index (χ4v) is 4.10. The molecule has 18 heavy (non-hydrogen) atoms. The van der Waals surface area contributed by atoms with Gasteiger partial charge in [0.15, 0.2) is 0 Å². The van der Waals surface area contributed by atoms with E-state index in [1.54, 1.807) is 12.1 Å². The van der Waals surface area contributed by atoms with Crippen LogP contribution in [0.3, 0.4) is 0 Å². The Morgan fingerprint density at radius 3 is 2.11 bits per heavy atom. The standard InChI is InChI=1S/C13H12Cl4O/c1-3-8-9(14)4-7(5-10(8)15)12-11(6(2)18)13(12,16)17/h4-5,11-12H,3H2,1-2H3. The van der Waals surface area contributed by atoms with Gasteiger partial charge in [0.1, 0.15) is 10.1 Å². The Morgan fingerprint density at radius 2 is 1.78 bits per heavy atom. The number of halogens is 4. The smallest absolute Gasteiger partial charge is 0.136 e. The highest BCUT2D eigenvalue weighted by molar-refractivity contribution is 6.53. The van der Waals surface area contributed by atoms with E-state index in [-0.39, 0.29) is 17.6 Å². The molecule has 1 fully saturated rings. The lowest BCUT2D eigenvalue weighted by atomic mass is 10.0. The first kappa shape index (κ1) is 14.5. The minimum Gasteiger partial charge on any atom is -0.300 e. The number of hydrogen-bond acceptors (Lipinski definition) is 1. The zero-order valence-electron chi connectivity index (χ0n) is 9.94. The van der Waals surface area contributed by atoms with E-state index in [9.17, 15) is 4.79 Å². The maximum atomic E-state index is 11.5. The summed E-state index contributed by atoms with van der Waals surface area (Å²) in [6.07, 6.45) is 0.756. The van der Waals surface area contributed by atoms with Gasteiger partial charge in [-0.1, -0.05) is 30.1 Å². The lowest BCUT2D eigenvalue weighted by molar-refractivity contribution is -0.118. The molecule has 0 N–H and O–H groups in total. The van der Waals surface area contributed by atoms with Crippen molar-refractivity contribution < 1.29 is 4.79 Å². The van der Waals surface area contributed by atoms with E-state index in [1.165, 1.54) is 6.92 Å². The maximum absolute atomic E-state index is 11.5. The molecular weight excluding hydrogens is 314 g/mol. The molecule has 2 atom stereocenters. The minimum absolute atomic E-state index is 0.0168. The van der Waals surface area contributed by atoms with Gasteiger partial charge >= 0.3 is 0 Å². The second-order valence-electron chi connectivity index (χ2n) is 4.56. The largest absolute Gasteiger partial charge is 0.300 e. The number of Topliss-reactive ketones (excluding diaryl/α,β-unsaturated/α-hetero) is 1. The molecular formula is C13H12Cl4O. The van der Waals surface area contributed by atoms with Crippen molar-refractivity contribution in [2.45, 2.75) is 30.5 Å². The molecule has 1 aliphatic rings. The van der Waals surface area contributed by atoms with Crippen molar-refractivity contribution in [2.24, 2.45) is 5.92 Å². The molecule has 0 saturated heterocycles. The predicted octanol–water partition coefficient (Wildman–Crippen LogP) is 5.03. The lowest BCUT2D eigenvalue weighted by Gasteiger charge is -2.08. The van der Waals surface area contributed by atoms with E-state index in [0.717, 1.165) is 17.5 Å². The monoisotopic (exact) mass is 324 g/mol. The van der Waals surface area contributed by atoms with Crippen LogP contribution in [0.5, 0.6) is 0 Å². The Labute approximate surface area is 126 Å². The van der Waals surface area contributed by atoms with Gasteiger partial charge < -0.3 is 0 Å². The number of hydrogen-bond donors (Lipinski definition) is 0. The second-order valence-corrected chi connectivity index (χ2v) is 6.82. The molecule has 5 heteroatoms. The Balaban J connectivity index is 2.40. The molecule has 1 nitrogen and oxygen atoms in total. The lowest BCUT2D eigenvalue weighted by Crippen LogP contribution is -1.99. The average Bonchev–Trinajstić information content (AvgIpc) is 2.81. The molecule has 0 aromatic heterocycles. The zero-order valence-corrected chi connectivity index (χ0v) is 13.0. The first-order valence-corrected chi connectivity index (χ1v) is 7.18. The summed E-state index contributed by atoms with van der Waals surface area (Å²) >= 11 is 24.6. The number of benzene rings is 1. The normalized spacial score (nSPS) is 25.0. The first-order chi connectivity index (χ1) is 8.30. The van der Waals surface area contributed by atoms with E-state index in [2.05, 4.69) is 0 Å². The Hall–Kier alpha value is 0.0500. The second kappa shape index (κ2) is 4.86. The highest BCUT2D eigenvalue weighted by Gasteiger charge is 2.66. The Bertz CT molecular complexity index is 487. The molecule has 1 aromatic rings. The van der Waals surface area contributed by atoms with Crippen LogP contribution >= 0.6 is 46.4 Å². The summed E-state index contributed by atoms with van der Waals surface area (Å²) in [5.41, 5.74) is 1.73. The number of ketones is 1. The molecule has 1 aromatic carbocycles. The molecule has 0 spiro atoms. The van der Waals surface area contributed by atoms with E-state index in [4.69, 9.17) is 46.4 Å². The van der Waals surface area contributed by atoms with E-state index in [1.807, 2.05) is 6.92 Å². The van der Waals surface area contributed by atoms with Gasteiger partial charge in [-0.3, -0.25) is 4.79 Å². The van der Waals surface area contributed by atoms with Gasteiger partial charge in [-0.05, 0) is 36.6 Å². The maximum Gasteiger partial charge on any atom is 0.136 e. The summed E-state index contributed by atoms with van der Waals surface area (Å²) < 4.78 is -1.04. The highest BCUT2D eigenvalue weighted by atomic mass is 35.5. The van der Waals surface area contributed by atoms with Gasteiger partial charge in [-0.2, -0.15) is 0 Å². The number of carbonyl (C=O) groups excluding carboxylic acids is 1. The molecule has 0 bridgehead atoms. The molecule has 0 amide bonds. The fraction of sp³-hybridized carbons (Fsp3) is 0.462. The van der Waals surface area contributed by atoms with Crippen molar-refractivity contribution in [1.82, 2.24) is 0 Å². The van der Waals surface area contributed by atoms with Crippen LogP contribution in [-0.2, 0) is 11.2 Å². The molecule has 1 aliphatic carbocycles. The van der Waals surface area contributed by atoms with Crippen LogP contribution in [0.4, 0.5) is 0 Å². The molecule has 2 rings (SSSR count). The molecule has 0 heterocycles. The molecule has 2 unspecified atom stereocenters. The SMILES string of the molecule is CCc1c(Cl)cc(C2C(C(C)=O)C2(Cl)Cl)cc1Cl. The molecule has 0 aliphatic heterocycles. The third-order valence-corrected chi connectivity index (χ3v) is 4.98. The van der Waals surface area contributed by atoms with Crippen molar-refractivity contribution in [2.75, 3.05) is 0 Å². The summed E-state index contributed by atoms with van der Waals surface area (Å²) in [6.45, 7) is 3.48. The van der Waals surface area contributed by atoms with Crippen LogP contribution in [0.25, 0.3) is 0 Å². The van der Waals surface area contributed by atoms with Crippen molar-refractivity contribution >= 4 is 52.2 Å². The van der Waals surface area contributed by atoms with Gasteiger partial charge in [-0.15, -0.1) is 23.2 Å². The van der Waals surface area contributed by atoms with Crippen LogP contribution in [0.1, 0.15) is 30.9 Å². The molecule has 0 radical (unpaired) electrons. The van der Waals surface area contributed by atoms with Crippen LogP contribution in [0.2, 0.25) is 10.0 Å². The van der Waals surface area contributed by atoms with E-state index >= 15 is 0 Å². The van der Waals surface area contributed by atoms with Crippen molar-refractivity contribution in [3.05, 3.63) is 33.3 Å². The van der Waals surface area contributed by atoms with E-state index < -0.39 is 4.33 Å². The zero-order chi connectivity index (χ0) is 13.7. The number of alkyl halides is 2. The quantitative estimate of drug-likeness (QED) is 0.712. The Kier molecular flexibility index (Phi) is 3.91. The third-order valence-electron chi connectivity index (χ3n) is 3.37. The summed E-state index contributed by atoms with van der Waals surface area (Å²) in [5, 5.41) is 1.19. The van der Waals surface area contributed by atoms with Crippen molar-refractivity contribution in [1.29, 1.82) is 0 Å². The van der Waals surface area contributed by atoms with Gasteiger partial charge in [0.25, 0.3) is 0 Å². The number of rotatable bonds is 3. The predicted molar refractivity (Wildman–Crippen MR) is 77.2 cm³/mol. The van der Waals surface area contributed by atoms with Crippen molar-refractivity contribution in [3.63, 3.8) is 0 Å². The Morgan fingerprint density at radius 1 is 1.28 bits per heavy atom. The van der Waals surface area contributed by atoms with Crippen molar-refractivity contribution in [3.8, 4) is 0 Å². The van der Waals surface area contributed by atoms with E-state index in [0.29, 0.717) is 10.0 Å². The summed E-state index contributed by atoms with van der Waals surface area (Å²) in [6, 6.07) is 3.61. The van der Waals surface area contributed by atoms with Crippen LogP contribution in [0, 0.1) is 5.92 Å². The van der Waals surface area contributed by atoms with Crippen LogP contribution in [0.15, 0.2) is 12.1 Å². The molecule has 98 valence electrons. The van der Waals surface area contributed by atoms with Gasteiger partial charge in [0.2, 0.25) is 0 Å². The fourth-order valence-electron chi connectivity index (χ4n) is 2.39. The van der Waals surface area contributed by atoms with Gasteiger partial charge in [0.05, 0.1) is 5.92 Å². The summed E-state index contributed by atoms with van der Waals surface area (Å²) in [7, 11) is 0. The van der Waals surface area contributed by atoms with Crippen LogP contribution < -0.4 is 0 Å². The summed E-state index contributed by atoms with van der Waals surface area (Å²) in [4.78, 5) is 11.5. The topological polar surface area (TPSA) is 17.1 Å². The van der Waals surface area contributed by atoms with Gasteiger partial charge in [-0.25, -0.2) is 0 Å². The highest BCUT2D eigenvalue weighted by Crippen LogP contribution is 2.65. The first-order valence-electron chi connectivity index (χ1n) is 5.66.